The van der Waals surface area contributed by atoms with Crippen LogP contribution >= 0.6 is 11.6 Å². The molecule has 1 aliphatic heterocycles. The second-order valence-corrected chi connectivity index (χ2v) is 5.48. The smallest absolute Gasteiger partial charge is 0.355 e. The molecule has 2 aromatic rings. The normalized spacial score (nSPS) is 14.0. The summed E-state index contributed by atoms with van der Waals surface area (Å²) in [5.41, 5.74) is 1.34. The van der Waals surface area contributed by atoms with Gasteiger partial charge in [-0.15, -0.1) is 0 Å². The fourth-order valence-electron chi connectivity index (χ4n) is 2.50. The number of carbonyl (C=O) groups excluding carboxylic acids is 2. The molecule has 7 nitrogen and oxygen atoms in total. The first kappa shape index (κ1) is 16.8. The van der Waals surface area contributed by atoms with Gasteiger partial charge in [0.25, 0.3) is 0 Å². The van der Waals surface area contributed by atoms with E-state index in [9.17, 15) is 9.59 Å². The molecule has 0 atom stereocenters. The highest BCUT2D eigenvalue weighted by Crippen LogP contribution is 2.32. The number of hydrogen-bond acceptors (Lipinski definition) is 6. The molecule has 25 heavy (non-hydrogen) atoms. The Labute approximate surface area is 148 Å². The fourth-order valence-corrected chi connectivity index (χ4v) is 2.76. The predicted molar refractivity (Wildman–Crippen MR) is 92.9 cm³/mol. The number of allylic oxidation sites excluding steroid dienone is 2. The lowest BCUT2D eigenvalue weighted by atomic mass is 10.1. The number of methoxy groups -OCH3 is 2. The van der Waals surface area contributed by atoms with Gasteiger partial charge < -0.3 is 14.4 Å². The van der Waals surface area contributed by atoms with E-state index in [2.05, 4.69) is 10.2 Å². The van der Waals surface area contributed by atoms with Crippen LogP contribution in [0, 0.1) is 0 Å². The molecule has 1 aromatic carbocycles. The SMILES string of the molecule is COC(=O)C1=C(C(=O)OC)N(c2cc(Cl)c3cn[nH]c3c2)C=CC=C1. The minimum Gasteiger partial charge on any atom is -0.465 e. The van der Waals surface area contributed by atoms with Gasteiger partial charge >= 0.3 is 11.9 Å². The van der Waals surface area contributed by atoms with Crippen LogP contribution in [0.1, 0.15) is 0 Å². The lowest BCUT2D eigenvalue weighted by molar-refractivity contribution is -0.139. The van der Waals surface area contributed by atoms with Crippen molar-refractivity contribution in [1.82, 2.24) is 10.2 Å². The molecular formula is C17H14ClN3O4. The molecule has 0 unspecified atom stereocenters. The zero-order chi connectivity index (χ0) is 18.0. The highest BCUT2D eigenvalue weighted by atomic mass is 35.5. The van der Waals surface area contributed by atoms with Crippen LogP contribution in [0.3, 0.4) is 0 Å². The first-order valence-electron chi connectivity index (χ1n) is 7.24. The van der Waals surface area contributed by atoms with E-state index in [4.69, 9.17) is 21.1 Å². The molecule has 1 N–H and O–H groups in total. The Morgan fingerprint density at radius 2 is 1.92 bits per heavy atom. The number of aromatic amines is 1. The molecular weight excluding hydrogens is 346 g/mol. The van der Waals surface area contributed by atoms with Gasteiger partial charge in [-0.1, -0.05) is 17.7 Å². The summed E-state index contributed by atoms with van der Waals surface area (Å²) in [6.07, 6.45) is 8.05. The third kappa shape index (κ3) is 3.01. The Hall–Kier alpha value is -3.06. The molecule has 8 heteroatoms. The first-order valence-corrected chi connectivity index (χ1v) is 7.62. The monoisotopic (exact) mass is 359 g/mol. The van der Waals surface area contributed by atoms with Gasteiger partial charge in [0.2, 0.25) is 0 Å². The highest BCUT2D eigenvalue weighted by molar-refractivity contribution is 6.35. The van der Waals surface area contributed by atoms with Crippen LogP contribution in [-0.4, -0.2) is 36.4 Å². The number of aromatic nitrogens is 2. The fraction of sp³-hybridized carbons (Fsp3) is 0.118. The largest absolute Gasteiger partial charge is 0.465 e. The molecule has 0 radical (unpaired) electrons. The van der Waals surface area contributed by atoms with Crippen LogP contribution < -0.4 is 4.90 Å². The minimum atomic E-state index is -0.683. The van der Waals surface area contributed by atoms with E-state index in [0.29, 0.717) is 16.2 Å². The second-order valence-electron chi connectivity index (χ2n) is 5.07. The van der Waals surface area contributed by atoms with Crippen molar-refractivity contribution >= 4 is 40.1 Å². The van der Waals surface area contributed by atoms with Gasteiger partial charge in [0.1, 0.15) is 5.70 Å². The zero-order valence-electron chi connectivity index (χ0n) is 13.4. The van der Waals surface area contributed by atoms with Crippen LogP contribution in [0.5, 0.6) is 0 Å². The van der Waals surface area contributed by atoms with E-state index < -0.39 is 11.9 Å². The van der Waals surface area contributed by atoms with Crippen molar-refractivity contribution in [1.29, 1.82) is 0 Å². The Balaban J connectivity index is 2.23. The van der Waals surface area contributed by atoms with E-state index in [1.807, 2.05) is 0 Å². The molecule has 0 fully saturated rings. The molecule has 0 saturated heterocycles. The number of anilines is 1. The molecule has 128 valence electrons. The summed E-state index contributed by atoms with van der Waals surface area (Å²) < 4.78 is 9.64. The van der Waals surface area contributed by atoms with E-state index in [1.54, 1.807) is 36.7 Å². The quantitative estimate of drug-likeness (QED) is 0.848. The minimum absolute atomic E-state index is 0.0225. The number of nitrogens with one attached hydrogen (secondary N) is 1. The average Bonchev–Trinajstić information content (AvgIpc) is 2.99. The molecule has 0 amide bonds. The summed E-state index contributed by atoms with van der Waals surface area (Å²) in [6.45, 7) is 0. The topological polar surface area (TPSA) is 84.5 Å². The summed E-state index contributed by atoms with van der Waals surface area (Å²) >= 11 is 6.30. The third-order valence-electron chi connectivity index (χ3n) is 3.66. The van der Waals surface area contributed by atoms with Gasteiger partial charge in [0, 0.05) is 17.3 Å². The van der Waals surface area contributed by atoms with Gasteiger partial charge in [0.15, 0.2) is 0 Å². The molecule has 1 aromatic heterocycles. The van der Waals surface area contributed by atoms with Gasteiger partial charge in [-0.25, -0.2) is 9.59 Å². The Morgan fingerprint density at radius 1 is 1.16 bits per heavy atom. The van der Waals surface area contributed by atoms with E-state index in [1.165, 1.54) is 25.2 Å². The van der Waals surface area contributed by atoms with Crippen LogP contribution in [-0.2, 0) is 19.1 Å². The summed E-state index contributed by atoms with van der Waals surface area (Å²) in [7, 11) is 2.49. The number of carbonyl (C=O) groups is 2. The highest BCUT2D eigenvalue weighted by Gasteiger charge is 2.27. The summed E-state index contributed by atoms with van der Waals surface area (Å²) in [5.74, 6) is -1.34. The molecule has 2 heterocycles. The van der Waals surface area contributed by atoms with E-state index >= 15 is 0 Å². The maximum Gasteiger partial charge on any atom is 0.355 e. The van der Waals surface area contributed by atoms with Gasteiger partial charge in [-0.3, -0.25) is 5.10 Å². The molecule has 0 saturated carbocycles. The van der Waals surface area contributed by atoms with Crippen LogP contribution in [0.15, 0.2) is 54.0 Å². The third-order valence-corrected chi connectivity index (χ3v) is 3.97. The van der Waals surface area contributed by atoms with Crippen molar-refractivity contribution in [2.24, 2.45) is 0 Å². The van der Waals surface area contributed by atoms with Crippen molar-refractivity contribution < 1.29 is 19.1 Å². The Bertz CT molecular complexity index is 943. The number of nitrogens with zero attached hydrogens (tertiary/aromatic N) is 2. The molecule has 0 bridgehead atoms. The van der Waals surface area contributed by atoms with Crippen molar-refractivity contribution in [2.45, 2.75) is 0 Å². The molecule has 0 aliphatic carbocycles. The number of rotatable bonds is 3. The second kappa shape index (κ2) is 6.82. The Morgan fingerprint density at radius 3 is 2.64 bits per heavy atom. The number of benzene rings is 1. The maximum absolute atomic E-state index is 12.4. The lowest BCUT2D eigenvalue weighted by Crippen LogP contribution is -2.26. The number of H-pyrrole nitrogens is 1. The van der Waals surface area contributed by atoms with E-state index in [0.717, 1.165) is 5.39 Å². The number of ether oxygens (including phenoxy) is 2. The van der Waals surface area contributed by atoms with Gasteiger partial charge in [-0.05, 0) is 24.3 Å². The van der Waals surface area contributed by atoms with Crippen molar-refractivity contribution in [3.8, 4) is 0 Å². The number of fused-ring (bicyclic) bond motifs is 1. The molecule has 3 rings (SSSR count). The van der Waals surface area contributed by atoms with Crippen LogP contribution in [0.4, 0.5) is 5.69 Å². The van der Waals surface area contributed by atoms with Crippen LogP contribution in [0.25, 0.3) is 10.9 Å². The number of halogens is 1. The van der Waals surface area contributed by atoms with Crippen molar-refractivity contribution in [3.05, 3.63) is 59.1 Å². The Kier molecular flexibility index (Phi) is 4.58. The molecule has 1 aliphatic rings. The van der Waals surface area contributed by atoms with Gasteiger partial charge in [-0.2, -0.15) is 5.10 Å². The molecule has 0 spiro atoms. The summed E-state index contributed by atoms with van der Waals surface area (Å²) in [6, 6.07) is 3.44. The number of hydrogen-bond donors (Lipinski definition) is 1. The van der Waals surface area contributed by atoms with Gasteiger partial charge in [0.05, 0.1) is 36.5 Å². The van der Waals surface area contributed by atoms with Crippen molar-refractivity contribution in [2.75, 3.05) is 19.1 Å². The number of esters is 2. The first-order chi connectivity index (χ1) is 12.1. The van der Waals surface area contributed by atoms with Crippen LogP contribution in [0.2, 0.25) is 5.02 Å². The predicted octanol–water partition coefficient (Wildman–Crippen LogP) is 2.71. The average molecular weight is 360 g/mol. The summed E-state index contributed by atoms with van der Waals surface area (Å²) in [5, 5.41) is 8.00. The van der Waals surface area contributed by atoms with E-state index in [-0.39, 0.29) is 11.3 Å². The summed E-state index contributed by atoms with van der Waals surface area (Å²) in [4.78, 5) is 26.0. The van der Waals surface area contributed by atoms with Crippen molar-refractivity contribution in [3.63, 3.8) is 0 Å². The lowest BCUT2D eigenvalue weighted by Gasteiger charge is -2.23. The zero-order valence-corrected chi connectivity index (χ0v) is 14.2. The maximum atomic E-state index is 12.4. The standard InChI is InChI=1S/C17H14ClN3O4/c1-24-16(22)11-5-3-4-6-21(15(11)17(23)25-2)10-7-13(18)12-9-19-20-14(12)8-10/h3-9H,1-2H3,(H,19,20).